The van der Waals surface area contributed by atoms with Gasteiger partial charge in [-0.15, -0.1) is 0 Å². The van der Waals surface area contributed by atoms with Crippen molar-refractivity contribution in [2.45, 2.75) is 57.3 Å². The van der Waals surface area contributed by atoms with Gasteiger partial charge < -0.3 is 10.1 Å². The van der Waals surface area contributed by atoms with Gasteiger partial charge in [-0.1, -0.05) is 0 Å². The number of likely N-dealkylation sites (tertiary alicyclic amines) is 1. The van der Waals surface area contributed by atoms with Gasteiger partial charge in [-0.3, -0.25) is 4.90 Å². The molecule has 3 nitrogen and oxygen atoms in total. The van der Waals surface area contributed by atoms with Gasteiger partial charge in [0.2, 0.25) is 0 Å². The summed E-state index contributed by atoms with van der Waals surface area (Å²) >= 11 is 0. The highest BCUT2D eigenvalue weighted by Crippen LogP contribution is 2.34. The number of nitrogens with zero attached hydrogens (tertiary/aromatic N) is 1. The fourth-order valence-electron chi connectivity index (χ4n) is 3.58. The minimum atomic E-state index is -0.209. The molecule has 0 amide bonds. The first-order chi connectivity index (χ1) is 10.1. The summed E-state index contributed by atoms with van der Waals surface area (Å²) < 4.78 is 18.9. The van der Waals surface area contributed by atoms with Crippen LogP contribution in [0.25, 0.3) is 0 Å². The van der Waals surface area contributed by atoms with Gasteiger partial charge in [-0.2, -0.15) is 0 Å². The van der Waals surface area contributed by atoms with Gasteiger partial charge in [0, 0.05) is 36.3 Å². The van der Waals surface area contributed by atoms with Gasteiger partial charge in [-0.25, -0.2) is 4.39 Å². The van der Waals surface area contributed by atoms with Gasteiger partial charge in [0.15, 0.2) is 0 Å². The highest BCUT2D eigenvalue weighted by atomic mass is 19.1. The van der Waals surface area contributed by atoms with Crippen molar-refractivity contribution >= 4 is 0 Å². The first kappa shape index (κ1) is 14.8. The summed E-state index contributed by atoms with van der Waals surface area (Å²) in [5.74, 6) is 0.542. The van der Waals surface area contributed by atoms with Crippen LogP contribution in [0.15, 0.2) is 18.2 Å². The Morgan fingerprint density at radius 2 is 2.14 bits per heavy atom. The number of benzene rings is 1. The van der Waals surface area contributed by atoms with Crippen molar-refractivity contribution in [1.82, 2.24) is 10.2 Å². The molecule has 116 valence electrons. The average molecular weight is 292 g/mol. The van der Waals surface area contributed by atoms with Crippen LogP contribution in [-0.2, 0) is 0 Å². The highest BCUT2D eigenvalue weighted by Gasteiger charge is 2.39. The van der Waals surface area contributed by atoms with E-state index in [9.17, 15) is 4.39 Å². The minimum absolute atomic E-state index is 0.0898. The summed E-state index contributed by atoms with van der Waals surface area (Å²) in [6.07, 6.45) is 3.87. The Morgan fingerprint density at radius 1 is 1.38 bits per heavy atom. The summed E-state index contributed by atoms with van der Waals surface area (Å²) in [5.41, 5.74) is 0.898. The number of halogens is 1. The van der Waals surface area contributed by atoms with Crippen LogP contribution < -0.4 is 10.1 Å². The molecule has 3 atom stereocenters. The van der Waals surface area contributed by atoms with Gasteiger partial charge in [0.25, 0.3) is 0 Å². The molecule has 1 N–H and O–H groups in total. The van der Waals surface area contributed by atoms with Gasteiger partial charge in [-0.05, 0) is 51.3 Å². The standard InChI is InChI=1S/C17H25FN2O/c1-11-8-14(10-20(11)15-5-6-15)19-12(2)16-9-13(18)4-7-17(16)21-3/h4,7,9,11-12,14-15,19H,5-6,8,10H2,1-3H3. The third-order valence-electron chi connectivity index (χ3n) is 4.78. The van der Waals surface area contributed by atoms with Gasteiger partial charge in [0.1, 0.15) is 11.6 Å². The lowest BCUT2D eigenvalue weighted by Crippen LogP contribution is -2.35. The summed E-state index contributed by atoms with van der Waals surface area (Å²) in [7, 11) is 1.63. The van der Waals surface area contributed by atoms with Crippen LogP contribution in [0.5, 0.6) is 5.75 Å². The molecule has 1 saturated heterocycles. The second kappa shape index (κ2) is 5.93. The van der Waals surface area contributed by atoms with E-state index in [0.29, 0.717) is 12.1 Å². The number of rotatable bonds is 5. The number of nitrogens with one attached hydrogen (secondary N) is 1. The van der Waals surface area contributed by atoms with Crippen molar-refractivity contribution < 1.29 is 9.13 Å². The van der Waals surface area contributed by atoms with E-state index < -0.39 is 0 Å². The number of hydrogen-bond acceptors (Lipinski definition) is 3. The van der Waals surface area contributed by atoms with Crippen molar-refractivity contribution in [3.8, 4) is 5.75 Å². The second-order valence-electron chi connectivity index (χ2n) is 6.48. The molecule has 1 saturated carbocycles. The summed E-state index contributed by atoms with van der Waals surface area (Å²) in [4.78, 5) is 2.62. The fourth-order valence-corrected chi connectivity index (χ4v) is 3.58. The first-order valence-electron chi connectivity index (χ1n) is 7.93. The third-order valence-corrected chi connectivity index (χ3v) is 4.78. The molecule has 2 fully saturated rings. The summed E-state index contributed by atoms with van der Waals surface area (Å²) in [5, 5.41) is 3.65. The topological polar surface area (TPSA) is 24.5 Å². The number of methoxy groups -OCH3 is 1. The van der Waals surface area contributed by atoms with E-state index >= 15 is 0 Å². The van der Waals surface area contributed by atoms with Crippen molar-refractivity contribution in [3.63, 3.8) is 0 Å². The van der Waals surface area contributed by atoms with E-state index in [4.69, 9.17) is 4.74 Å². The molecule has 3 rings (SSSR count). The summed E-state index contributed by atoms with van der Waals surface area (Å²) in [6.45, 7) is 5.50. The fraction of sp³-hybridized carbons (Fsp3) is 0.647. The molecular formula is C17H25FN2O. The lowest BCUT2D eigenvalue weighted by atomic mass is 10.0. The van der Waals surface area contributed by atoms with Crippen LogP contribution >= 0.6 is 0 Å². The summed E-state index contributed by atoms with van der Waals surface area (Å²) in [6, 6.07) is 6.75. The van der Waals surface area contributed by atoms with Crippen molar-refractivity contribution in [2.24, 2.45) is 0 Å². The lowest BCUT2D eigenvalue weighted by Gasteiger charge is -2.22. The van der Waals surface area contributed by atoms with Crippen LogP contribution in [0.3, 0.4) is 0 Å². The monoisotopic (exact) mass is 292 g/mol. The molecule has 1 aromatic carbocycles. The van der Waals surface area contributed by atoms with E-state index in [1.165, 1.54) is 25.3 Å². The van der Waals surface area contributed by atoms with E-state index in [0.717, 1.165) is 23.9 Å². The quantitative estimate of drug-likeness (QED) is 0.902. The highest BCUT2D eigenvalue weighted by molar-refractivity contribution is 5.36. The zero-order valence-corrected chi connectivity index (χ0v) is 13.1. The lowest BCUT2D eigenvalue weighted by molar-refractivity contribution is 0.254. The molecule has 0 spiro atoms. The Labute approximate surface area is 126 Å². The molecule has 0 radical (unpaired) electrons. The van der Waals surface area contributed by atoms with Crippen LogP contribution in [0.2, 0.25) is 0 Å². The molecule has 2 aliphatic rings. The minimum Gasteiger partial charge on any atom is -0.496 e. The smallest absolute Gasteiger partial charge is 0.123 e. The zero-order chi connectivity index (χ0) is 15.0. The van der Waals surface area contributed by atoms with Crippen LogP contribution in [0.4, 0.5) is 4.39 Å². The SMILES string of the molecule is COc1ccc(F)cc1C(C)NC1CC(C)N(C2CC2)C1. The van der Waals surface area contributed by atoms with Crippen molar-refractivity contribution in [3.05, 3.63) is 29.6 Å². The largest absolute Gasteiger partial charge is 0.496 e. The maximum atomic E-state index is 13.5. The second-order valence-corrected chi connectivity index (χ2v) is 6.48. The molecule has 21 heavy (non-hydrogen) atoms. The van der Waals surface area contributed by atoms with Crippen LogP contribution in [-0.4, -0.2) is 36.7 Å². The Kier molecular flexibility index (Phi) is 4.18. The molecule has 4 heteroatoms. The van der Waals surface area contributed by atoms with E-state index in [1.54, 1.807) is 19.2 Å². The Bertz CT molecular complexity index is 504. The van der Waals surface area contributed by atoms with E-state index in [2.05, 4.69) is 24.1 Å². The van der Waals surface area contributed by atoms with Gasteiger partial charge in [0.05, 0.1) is 7.11 Å². The molecule has 3 unspecified atom stereocenters. The Hall–Kier alpha value is -1.13. The predicted molar refractivity (Wildman–Crippen MR) is 82.1 cm³/mol. The molecule has 1 aromatic rings. The van der Waals surface area contributed by atoms with Crippen LogP contribution in [0.1, 0.15) is 44.7 Å². The van der Waals surface area contributed by atoms with Crippen LogP contribution in [0, 0.1) is 5.82 Å². The molecule has 1 heterocycles. The maximum Gasteiger partial charge on any atom is 0.123 e. The maximum absolute atomic E-state index is 13.5. The first-order valence-corrected chi connectivity index (χ1v) is 7.93. The number of hydrogen-bond donors (Lipinski definition) is 1. The van der Waals surface area contributed by atoms with Crippen molar-refractivity contribution in [1.29, 1.82) is 0 Å². The molecule has 0 bridgehead atoms. The van der Waals surface area contributed by atoms with E-state index in [-0.39, 0.29) is 11.9 Å². The zero-order valence-electron chi connectivity index (χ0n) is 13.1. The average Bonchev–Trinajstić information content (AvgIpc) is 3.23. The predicted octanol–water partition coefficient (Wildman–Crippen LogP) is 3.11. The number of ether oxygens (including phenoxy) is 1. The molecule has 1 aliphatic carbocycles. The Balaban J connectivity index is 1.66. The normalized spacial score (nSPS) is 27.8. The molecular weight excluding hydrogens is 267 g/mol. The van der Waals surface area contributed by atoms with Crippen molar-refractivity contribution in [2.75, 3.05) is 13.7 Å². The van der Waals surface area contributed by atoms with E-state index in [1.807, 2.05) is 0 Å². The van der Waals surface area contributed by atoms with Gasteiger partial charge >= 0.3 is 0 Å². The Morgan fingerprint density at radius 3 is 2.81 bits per heavy atom. The molecule has 1 aliphatic heterocycles. The third kappa shape index (κ3) is 3.22. The molecule has 0 aromatic heterocycles.